The lowest BCUT2D eigenvalue weighted by Gasteiger charge is -2.06. The van der Waals surface area contributed by atoms with Gasteiger partial charge >= 0.3 is 0 Å². The fourth-order valence-corrected chi connectivity index (χ4v) is 4.28. The Labute approximate surface area is 141 Å². The van der Waals surface area contributed by atoms with Crippen LogP contribution in [0.5, 0.6) is 5.75 Å². The number of aromatic nitrogens is 1. The Morgan fingerprint density at radius 2 is 2.00 bits per heavy atom. The molecule has 2 aromatic carbocycles. The maximum atomic E-state index is 13.7. The van der Waals surface area contributed by atoms with Gasteiger partial charge < -0.3 is 4.74 Å². The maximum Gasteiger partial charge on any atom is 0.266 e. The quantitative estimate of drug-likeness (QED) is 0.742. The van der Waals surface area contributed by atoms with Crippen LogP contribution in [0, 0.1) is 11.6 Å². The molecule has 0 aliphatic carbocycles. The lowest BCUT2D eigenvalue weighted by atomic mass is 10.3. The number of thiazole rings is 1. The fourth-order valence-electron chi connectivity index (χ4n) is 2.06. The minimum Gasteiger partial charge on any atom is -0.494 e. The number of hydrogen-bond acceptors (Lipinski definition) is 5. The molecule has 24 heavy (non-hydrogen) atoms. The van der Waals surface area contributed by atoms with E-state index in [0.717, 1.165) is 23.5 Å². The molecule has 3 rings (SSSR count). The minimum atomic E-state index is -4.28. The van der Waals surface area contributed by atoms with Gasteiger partial charge in [0.05, 0.1) is 16.8 Å². The molecule has 0 bridgehead atoms. The number of sulfonamides is 1. The Balaban J connectivity index is 1.95. The highest BCUT2D eigenvalue weighted by atomic mass is 32.2. The molecule has 9 heteroatoms. The molecule has 3 aromatic rings. The largest absolute Gasteiger partial charge is 0.494 e. The van der Waals surface area contributed by atoms with E-state index in [1.165, 1.54) is 0 Å². The first kappa shape index (κ1) is 16.6. The van der Waals surface area contributed by atoms with Gasteiger partial charge in [0.25, 0.3) is 10.0 Å². The fraction of sp³-hybridized carbons (Fsp3) is 0.133. The zero-order valence-corrected chi connectivity index (χ0v) is 14.0. The summed E-state index contributed by atoms with van der Waals surface area (Å²) in [7, 11) is -4.28. The Kier molecular flexibility index (Phi) is 4.37. The number of nitrogens with zero attached hydrogens (tertiary/aromatic N) is 1. The number of ether oxygens (including phenoxy) is 1. The van der Waals surface area contributed by atoms with Gasteiger partial charge in [-0.1, -0.05) is 11.3 Å². The van der Waals surface area contributed by atoms with Gasteiger partial charge in [0.1, 0.15) is 22.3 Å². The van der Waals surface area contributed by atoms with Crippen molar-refractivity contribution in [2.75, 3.05) is 11.3 Å². The van der Waals surface area contributed by atoms with Gasteiger partial charge in [-0.15, -0.1) is 0 Å². The van der Waals surface area contributed by atoms with Crippen LogP contribution in [-0.4, -0.2) is 20.0 Å². The van der Waals surface area contributed by atoms with Gasteiger partial charge in [0, 0.05) is 0 Å². The SMILES string of the molecule is CCOc1ccc2nc(NS(=O)(=O)c3cc(F)ccc3F)sc2c1. The van der Waals surface area contributed by atoms with E-state index in [9.17, 15) is 17.2 Å². The highest BCUT2D eigenvalue weighted by Gasteiger charge is 2.21. The van der Waals surface area contributed by atoms with Crippen LogP contribution in [0.1, 0.15) is 6.92 Å². The third-order valence-electron chi connectivity index (χ3n) is 3.08. The Morgan fingerprint density at radius 3 is 2.75 bits per heavy atom. The van der Waals surface area contributed by atoms with Crippen molar-refractivity contribution in [1.29, 1.82) is 0 Å². The highest BCUT2D eigenvalue weighted by Crippen LogP contribution is 2.31. The highest BCUT2D eigenvalue weighted by molar-refractivity contribution is 7.93. The van der Waals surface area contributed by atoms with E-state index in [0.29, 0.717) is 28.6 Å². The molecular formula is C15H12F2N2O3S2. The van der Waals surface area contributed by atoms with E-state index in [1.807, 2.05) is 6.92 Å². The molecule has 0 fully saturated rings. The van der Waals surface area contributed by atoms with E-state index in [-0.39, 0.29) is 5.13 Å². The van der Waals surface area contributed by atoms with Crippen molar-refractivity contribution < 1.29 is 21.9 Å². The lowest BCUT2D eigenvalue weighted by molar-refractivity contribution is 0.341. The number of halogens is 2. The molecule has 0 unspecified atom stereocenters. The smallest absolute Gasteiger partial charge is 0.266 e. The maximum absolute atomic E-state index is 13.7. The van der Waals surface area contributed by atoms with Crippen LogP contribution in [0.25, 0.3) is 10.2 Å². The first-order valence-electron chi connectivity index (χ1n) is 6.90. The van der Waals surface area contributed by atoms with E-state index in [4.69, 9.17) is 4.74 Å². The molecule has 0 aliphatic rings. The number of nitrogens with one attached hydrogen (secondary N) is 1. The minimum absolute atomic E-state index is 0.0577. The second-order valence-corrected chi connectivity index (χ2v) is 7.44. The molecular weight excluding hydrogens is 358 g/mol. The first-order valence-corrected chi connectivity index (χ1v) is 9.20. The van der Waals surface area contributed by atoms with Crippen molar-refractivity contribution in [1.82, 2.24) is 4.98 Å². The molecule has 0 saturated heterocycles. The van der Waals surface area contributed by atoms with Gasteiger partial charge in [-0.3, -0.25) is 4.72 Å². The molecule has 0 atom stereocenters. The van der Waals surface area contributed by atoms with E-state index in [2.05, 4.69) is 9.71 Å². The summed E-state index contributed by atoms with van der Waals surface area (Å²) in [6.07, 6.45) is 0. The zero-order chi connectivity index (χ0) is 17.3. The summed E-state index contributed by atoms with van der Waals surface area (Å²) in [6, 6.07) is 7.38. The Morgan fingerprint density at radius 1 is 1.21 bits per heavy atom. The average Bonchev–Trinajstić information content (AvgIpc) is 2.90. The Bertz CT molecular complexity index is 1000. The zero-order valence-electron chi connectivity index (χ0n) is 12.4. The van der Waals surface area contributed by atoms with Gasteiger partial charge in [0.2, 0.25) is 0 Å². The molecule has 0 saturated carbocycles. The molecule has 0 radical (unpaired) electrons. The second-order valence-electron chi connectivity index (χ2n) is 4.76. The number of fused-ring (bicyclic) bond motifs is 1. The monoisotopic (exact) mass is 370 g/mol. The summed E-state index contributed by atoms with van der Waals surface area (Å²) in [6.45, 7) is 2.35. The molecule has 5 nitrogen and oxygen atoms in total. The van der Waals surface area contributed by atoms with Crippen molar-refractivity contribution in [2.45, 2.75) is 11.8 Å². The molecule has 1 aromatic heterocycles. The van der Waals surface area contributed by atoms with Crippen LogP contribution in [0.2, 0.25) is 0 Å². The van der Waals surface area contributed by atoms with Crippen molar-refractivity contribution in [3.8, 4) is 5.75 Å². The Hall–Kier alpha value is -2.26. The summed E-state index contributed by atoms with van der Waals surface area (Å²) in [5.74, 6) is -1.25. The van der Waals surface area contributed by atoms with E-state index < -0.39 is 26.6 Å². The lowest BCUT2D eigenvalue weighted by Crippen LogP contribution is -2.14. The first-order chi connectivity index (χ1) is 11.4. The third-order valence-corrected chi connectivity index (χ3v) is 5.49. The predicted molar refractivity (Wildman–Crippen MR) is 88.0 cm³/mol. The normalized spacial score (nSPS) is 11.6. The molecule has 1 heterocycles. The summed E-state index contributed by atoms with van der Waals surface area (Å²) in [4.78, 5) is 3.37. The standard InChI is InChI=1S/C15H12F2N2O3S2/c1-2-22-10-4-6-12-13(8-10)23-15(18-12)19-24(20,21)14-7-9(16)3-5-11(14)17/h3-8H,2H2,1H3,(H,18,19). The summed E-state index contributed by atoms with van der Waals surface area (Å²) in [5, 5.41) is 0.0577. The van der Waals surface area contributed by atoms with Crippen molar-refractivity contribution in [3.63, 3.8) is 0 Å². The predicted octanol–water partition coefficient (Wildman–Crippen LogP) is 3.77. The molecule has 1 N–H and O–H groups in total. The van der Waals surface area contributed by atoms with Gasteiger partial charge in [-0.25, -0.2) is 22.2 Å². The number of benzene rings is 2. The summed E-state index contributed by atoms with van der Waals surface area (Å²) < 4.78 is 59.6. The van der Waals surface area contributed by atoms with E-state index >= 15 is 0 Å². The van der Waals surface area contributed by atoms with Crippen LogP contribution in [0.3, 0.4) is 0 Å². The number of anilines is 1. The molecule has 126 valence electrons. The van der Waals surface area contributed by atoms with Crippen molar-refractivity contribution in [2.24, 2.45) is 0 Å². The van der Waals surface area contributed by atoms with Crippen molar-refractivity contribution in [3.05, 3.63) is 48.0 Å². The van der Waals surface area contributed by atoms with Gasteiger partial charge in [0.15, 0.2) is 5.13 Å². The van der Waals surface area contributed by atoms with Crippen LogP contribution in [-0.2, 0) is 10.0 Å². The molecule has 0 amide bonds. The number of hydrogen-bond donors (Lipinski definition) is 1. The molecule has 0 spiro atoms. The van der Waals surface area contributed by atoms with Crippen LogP contribution in [0.15, 0.2) is 41.3 Å². The van der Waals surface area contributed by atoms with E-state index in [1.54, 1.807) is 18.2 Å². The topological polar surface area (TPSA) is 68.3 Å². The number of rotatable bonds is 5. The van der Waals surface area contributed by atoms with Gasteiger partial charge in [-0.2, -0.15) is 0 Å². The second kappa shape index (κ2) is 6.33. The van der Waals surface area contributed by atoms with Gasteiger partial charge in [-0.05, 0) is 43.3 Å². The van der Waals surface area contributed by atoms with Crippen LogP contribution >= 0.6 is 11.3 Å². The summed E-state index contributed by atoms with van der Waals surface area (Å²) >= 11 is 1.07. The van der Waals surface area contributed by atoms with Crippen LogP contribution in [0.4, 0.5) is 13.9 Å². The molecule has 0 aliphatic heterocycles. The van der Waals surface area contributed by atoms with Crippen LogP contribution < -0.4 is 9.46 Å². The van der Waals surface area contributed by atoms with Crippen molar-refractivity contribution >= 4 is 36.7 Å². The summed E-state index contributed by atoms with van der Waals surface area (Å²) in [5.41, 5.74) is 0.570. The average molecular weight is 370 g/mol. The third kappa shape index (κ3) is 3.31.